The summed E-state index contributed by atoms with van der Waals surface area (Å²) in [5, 5.41) is 2.31. The lowest BCUT2D eigenvalue weighted by Gasteiger charge is -2.68. The van der Waals surface area contributed by atoms with Crippen molar-refractivity contribution in [1.82, 2.24) is 9.55 Å². The highest BCUT2D eigenvalue weighted by Crippen LogP contribution is 2.75. The van der Waals surface area contributed by atoms with Crippen LogP contribution in [0, 0.1) is 6.92 Å². The van der Waals surface area contributed by atoms with Gasteiger partial charge in [0.2, 0.25) is 0 Å². The Balaban J connectivity index is 0.826. The van der Waals surface area contributed by atoms with Gasteiger partial charge in [-0.3, -0.25) is 4.57 Å². The van der Waals surface area contributed by atoms with Gasteiger partial charge in [-0.15, -0.1) is 0 Å². The predicted molar refractivity (Wildman–Crippen MR) is 351 cm³/mol. The third kappa shape index (κ3) is 6.74. The molecule has 0 saturated carbocycles. The Kier molecular flexibility index (Phi) is 10.9. The molecule has 0 fully saturated rings. The number of anilines is 3. The summed E-state index contributed by atoms with van der Waals surface area (Å²) < 4.78 is 9.36. The first-order chi connectivity index (χ1) is 42.2. The first kappa shape index (κ1) is 50.3. The summed E-state index contributed by atoms with van der Waals surface area (Å²) in [6.45, 7) is 9.51. The van der Waals surface area contributed by atoms with Crippen LogP contribution < -0.4 is 14.5 Å². The van der Waals surface area contributed by atoms with Crippen molar-refractivity contribution in [3.8, 4) is 28.4 Å². The Labute approximate surface area is 502 Å². The molecule has 412 valence electrons. The largest absolute Gasteiger partial charge is 0.457 e. The molecule has 20 rings (SSSR count). The fraction of sp³-hybridized carbons (Fsp3) is 0.123. The molecule has 0 N–H and O–H groups in total. The predicted octanol–water partition coefficient (Wildman–Crippen LogP) is 19.2. The van der Waals surface area contributed by atoms with E-state index in [1.807, 2.05) is 6.20 Å². The number of ether oxygens (including phenoxy) is 1. The van der Waals surface area contributed by atoms with Crippen LogP contribution in [0.5, 0.6) is 11.5 Å². The lowest BCUT2D eigenvalue weighted by molar-refractivity contribution is 0.282. The maximum Gasteiger partial charge on any atom is 0.137 e. The molecule has 13 aromatic rings. The van der Waals surface area contributed by atoms with Crippen LogP contribution in [0.3, 0.4) is 0 Å². The Morgan fingerprint density at radius 1 is 0.465 bits per heavy atom. The van der Waals surface area contributed by atoms with Gasteiger partial charge in [0.15, 0.2) is 0 Å². The van der Waals surface area contributed by atoms with Gasteiger partial charge in [0.05, 0.1) is 39.9 Å². The molecule has 0 radical (unpaired) electrons. The summed E-state index contributed by atoms with van der Waals surface area (Å²) in [5.74, 6) is 2.31. The van der Waals surface area contributed by atoms with Crippen LogP contribution in [0.2, 0.25) is 0 Å². The second-order valence-corrected chi connectivity index (χ2v) is 25.0. The molecule has 2 aromatic heterocycles. The molecular weight excluding hydrogens is 1040 g/mol. The summed E-state index contributed by atoms with van der Waals surface area (Å²) in [5.41, 5.74) is 21.4. The van der Waals surface area contributed by atoms with Crippen molar-refractivity contribution in [2.45, 2.75) is 55.4 Å². The van der Waals surface area contributed by atoms with Gasteiger partial charge in [0, 0.05) is 46.3 Å². The molecule has 3 heterocycles. The van der Waals surface area contributed by atoms with Gasteiger partial charge < -0.3 is 14.5 Å². The van der Waals surface area contributed by atoms with Gasteiger partial charge in [0.1, 0.15) is 22.9 Å². The number of fused-ring (bicyclic) bond motifs is 4. The maximum atomic E-state index is 7.07. The lowest BCUT2D eigenvalue weighted by atomic mass is 9.37. The molecule has 1 aliphatic heterocycles. The van der Waals surface area contributed by atoms with Crippen LogP contribution in [0.25, 0.3) is 38.8 Å². The third-order valence-corrected chi connectivity index (χ3v) is 19.8. The molecule has 11 aromatic carbocycles. The van der Waals surface area contributed by atoms with Crippen molar-refractivity contribution in [3.05, 3.63) is 352 Å². The monoisotopic (exact) mass is 1110 g/mol. The number of aryl methyl sites for hydroxylation is 1. The first-order valence-corrected chi connectivity index (χ1v) is 30.2. The molecule has 7 aliphatic rings. The van der Waals surface area contributed by atoms with Crippen molar-refractivity contribution < 1.29 is 4.74 Å². The quantitative estimate of drug-likeness (QED) is 0.152. The Bertz CT molecular complexity index is 4760. The van der Waals surface area contributed by atoms with Gasteiger partial charge in [-0.05, 0) is 133 Å². The molecule has 0 amide bonds. The van der Waals surface area contributed by atoms with E-state index in [1.54, 1.807) is 0 Å². The smallest absolute Gasteiger partial charge is 0.137 e. The number of hydrogen-bond acceptors (Lipinski definition) is 4. The van der Waals surface area contributed by atoms with E-state index in [9.17, 15) is 0 Å². The van der Waals surface area contributed by atoms with Gasteiger partial charge in [-0.1, -0.05) is 239 Å². The van der Waals surface area contributed by atoms with Crippen molar-refractivity contribution >= 4 is 38.9 Å². The number of para-hydroxylation sites is 3. The molecule has 5 nitrogen and oxygen atoms in total. The van der Waals surface area contributed by atoms with Crippen molar-refractivity contribution in [2.24, 2.45) is 0 Å². The van der Waals surface area contributed by atoms with Crippen LogP contribution in [-0.2, 0) is 21.8 Å². The minimum atomic E-state index is -0.855. The van der Waals surface area contributed by atoms with Gasteiger partial charge in [-0.25, -0.2) is 4.98 Å². The highest BCUT2D eigenvalue weighted by molar-refractivity contribution is 6.09. The van der Waals surface area contributed by atoms with E-state index in [4.69, 9.17) is 9.72 Å². The molecule has 0 saturated heterocycles. The van der Waals surface area contributed by atoms with E-state index < -0.39 is 16.4 Å². The topological polar surface area (TPSA) is 33.5 Å². The minimum absolute atomic E-state index is 0.0620. The highest BCUT2D eigenvalue weighted by Gasteiger charge is 2.72. The van der Waals surface area contributed by atoms with E-state index in [-0.39, 0.29) is 11.3 Å². The summed E-state index contributed by atoms with van der Waals surface area (Å²) in [4.78, 5) is 10.5. The van der Waals surface area contributed by atoms with Crippen molar-refractivity contribution in [2.75, 3.05) is 16.5 Å². The summed E-state index contributed by atoms with van der Waals surface area (Å²) >= 11 is 0. The van der Waals surface area contributed by atoms with E-state index in [1.165, 1.54) is 83.4 Å². The van der Waals surface area contributed by atoms with Gasteiger partial charge in [0.25, 0.3) is 0 Å². The number of pyridine rings is 1. The average molecular weight is 1110 g/mol. The second-order valence-electron chi connectivity index (χ2n) is 25.0. The van der Waals surface area contributed by atoms with Crippen LogP contribution in [0.1, 0.15) is 93.5 Å². The zero-order valence-electron chi connectivity index (χ0n) is 48.6. The number of hydrogen-bond donors (Lipinski definition) is 0. The lowest BCUT2D eigenvalue weighted by Crippen LogP contribution is -2.69. The fourth-order valence-corrected chi connectivity index (χ4v) is 16.5. The van der Waals surface area contributed by atoms with E-state index >= 15 is 0 Å². The highest BCUT2D eigenvalue weighted by atomic mass is 16.5. The molecule has 4 bridgehead atoms. The SMILES string of the molecule is Cc1cc(-n2c3ccccc3c3ccc(Oc4cccc(N5CN(C67c8ccccc8C(c8ccccc86)C6(c8ccccc8)c8ccccc8C7(c7ccccc7)c7ccccc76)c6ccccc65)c4)cc32)ncc1-c1ccc(C(C)(C)C)cc1. The van der Waals surface area contributed by atoms with Crippen molar-refractivity contribution in [1.29, 1.82) is 0 Å². The van der Waals surface area contributed by atoms with Crippen LogP contribution in [0.4, 0.5) is 17.1 Å². The minimum Gasteiger partial charge on any atom is -0.457 e. The average Bonchev–Trinajstić information content (AvgIpc) is 0.754. The summed E-state index contributed by atoms with van der Waals surface area (Å²) in [6, 6.07) is 105. The molecule has 0 atom stereocenters. The van der Waals surface area contributed by atoms with E-state index in [0.29, 0.717) is 6.67 Å². The molecule has 0 unspecified atom stereocenters. The Morgan fingerprint density at radius 3 is 1.69 bits per heavy atom. The molecular formula is C81H62N4O. The van der Waals surface area contributed by atoms with E-state index in [0.717, 1.165) is 50.7 Å². The number of rotatable bonds is 8. The number of aromatic nitrogens is 2. The molecule has 6 aliphatic carbocycles. The molecule has 5 heteroatoms. The second kappa shape index (κ2) is 18.6. The zero-order chi connectivity index (χ0) is 57.5. The van der Waals surface area contributed by atoms with Crippen molar-refractivity contribution in [3.63, 3.8) is 0 Å². The maximum absolute atomic E-state index is 7.07. The normalized spacial score (nSPS) is 19.6. The number of benzene rings is 11. The summed E-state index contributed by atoms with van der Waals surface area (Å²) in [6.07, 6.45) is 2.03. The zero-order valence-corrected chi connectivity index (χ0v) is 48.6. The standard InChI is InChI=1S/C81H62N4O/c1-53-48-76(82-51-65(53)54-42-44-55(45-43-54)78(2,3)4)85-72-39-20-13-30-61(72)62-47-46-60(50-75(62)85)86-59-29-23-28-58(49-59)83-52-84(74-41-22-21-40-73(74)83)81-66-33-14-11-31-63(66)77(64-32-12-15-34-67(64)81)79(56-24-7-5-8-25-56)68-35-16-18-37-70(68)80(81,57-26-9-6-10-27-57)71-38-19-17-36-69(71)79/h5-51,77H,52H2,1-4H3. The first-order valence-electron chi connectivity index (χ1n) is 30.2. The molecule has 0 spiro atoms. The molecule has 86 heavy (non-hydrogen) atoms. The van der Waals surface area contributed by atoms with Crippen LogP contribution >= 0.6 is 0 Å². The van der Waals surface area contributed by atoms with Crippen LogP contribution in [0.15, 0.2) is 285 Å². The summed E-state index contributed by atoms with van der Waals surface area (Å²) in [7, 11) is 0. The fourth-order valence-electron chi connectivity index (χ4n) is 16.5. The Morgan fingerprint density at radius 2 is 1.02 bits per heavy atom. The van der Waals surface area contributed by atoms with Crippen LogP contribution in [-0.4, -0.2) is 16.2 Å². The van der Waals surface area contributed by atoms with Gasteiger partial charge in [-0.2, -0.15) is 0 Å². The van der Waals surface area contributed by atoms with E-state index in [2.05, 4.69) is 321 Å². The number of nitrogens with zero attached hydrogens (tertiary/aromatic N) is 4. The Hall–Kier alpha value is -10.2. The van der Waals surface area contributed by atoms with Gasteiger partial charge >= 0.3 is 0 Å². The third-order valence-electron chi connectivity index (χ3n) is 19.8.